The molecule has 1 rings (SSSR count). The molecular weight excluding hydrogens is 179 g/mol. The molecule has 0 aliphatic rings. The molecule has 3 heteroatoms. The van der Waals surface area contributed by atoms with Crippen LogP contribution in [0.15, 0.2) is 18.2 Å². The quantitative estimate of drug-likeness (QED) is 0.523. The van der Waals surface area contributed by atoms with Gasteiger partial charge in [0.15, 0.2) is 0 Å². The van der Waals surface area contributed by atoms with Crippen LogP contribution in [0.1, 0.15) is 31.9 Å². The van der Waals surface area contributed by atoms with Crippen LogP contribution in [-0.2, 0) is 5.41 Å². The van der Waals surface area contributed by atoms with E-state index in [2.05, 4.69) is 0 Å². The van der Waals surface area contributed by atoms with Gasteiger partial charge in [-0.15, -0.1) is 0 Å². The highest BCUT2D eigenvalue weighted by molar-refractivity contribution is 5.95. The van der Waals surface area contributed by atoms with E-state index in [-0.39, 0.29) is 16.8 Å². The second kappa shape index (κ2) is 3.40. The number of hydrogen-bond acceptors (Lipinski definition) is 1. The maximum Gasteiger partial charge on any atom is 0.134 e. The molecule has 0 fully saturated rings. The second-order valence-corrected chi connectivity index (χ2v) is 4.36. The summed E-state index contributed by atoms with van der Waals surface area (Å²) in [5.41, 5.74) is 6.37. The molecule has 0 aliphatic heterocycles. The minimum absolute atomic E-state index is 0.0576. The van der Waals surface area contributed by atoms with E-state index in [9.17, 15) is 4.39 Å². The normalized spacial score (nSPS) is 11.4. The van der Waals surface area contributed by atoms with Crippen LogP contribution >= 0.6 is 0 Å². The van der Waals surface area contributed by atoms with Gasteiger partial charge in [0.2, 0.25) is 0 Å². The van der Waals surface area contributed by atoms with Gasteiger partial charge in [-0.1, -0.05) is 26.8 Å². The molecule has 1 aromatic rings. The van der Waals surface area contributed by atoms with Gasteiger partial charge in [0.25, 0.3) is 0 Å². The Morgan fingerprint density at radius 2 is 1.93 bits per heavy atom. The van der Waals surface area contributed by atoms with E-state index in [0.717, 1.165) is 5.56 Å². The lowest BCUT2D eigenvalue weighted by Crippen LogP contribution is -2.17. The maximum atomic E-state index is 13.2. The third kappa shape index (κ3) is 2.10. The lowest BCUT2D eigenvalue weighted by atomic mass is 9.86. The zero-order chi connectivity index (χ0) is 10.9. The molecule has 0 bridgehead atoms. The number of halogens is 1. The molecule has 0 aliphatic carbocycles. The van der Waals surface area contributed by atoms with Crippen LogP contribution in [0.25, 0.3) is 0 Å². The number of benzene rings is 1. The number of hydrogen-bond donors (Lipinski definition) is 2. The summed E-state index contributed by atoms with van der Waals surface area (Å²) in [5.74, 6) is -0.667. The van der Waals surface area contributed by atoms with Crippen LogP contribution in [0, 0.1) is 11.2 Å². The summed E-state index contributed by atoms with van der Waals surface area (Å²) in [5, 5.41) is 7.22. The van der Waals surface area contributed by atoms with E-state index >= 15 is 0 Å². The third-order valence-corrected chi connectivity index (χ3v) is 2.12. The van der Waals surface area contributed by atoms with Crippen molar-refractivity contribution in [3.8, 4) is 0 Å². The predicted octanol–water partition coefficient (Wildman–Crippen LogP) is 2.41. The first-order chi connectivity index (χ1) is 6.32. The zero-order valence-corrected chi connectivity index (χ0v) is 8.69. The Balaban J connectivity index is 3.27. The SMILES string of the molecule is CC(C)(C)c1ccc(F)c(C(=N)N)c1. The van der Waals surface area contributed by atoms with Crippen molar-refractivity contribution in [2.24, 2.45) is 5.73 Å². The van der Waals surface area contributed by atoms with Gasteiger partial charge >= 0.3 is 0 Å². The predicted molar refractivity (Wildman–Crippen MR) is 56.1 cm³/mol. The molecule has 0 spiro atoms. The smallest absolute Gasteiger partial charge is 0.134 e. The van der Waals surface area contributed by atoms with Crippen molar-refractivity contribution in [2.75, 3.05) is 0 Å². The topological polar surface area (TPSA) is 49.9 Å². The lowest BCUT2D eigenvalue weighted by molar-refractivity contribution is 0.582. The first kappa shape index (κ1) is 10.7. The molecule has 0 amide bonds. The summed E-state index contributed by atoms with van der Waals surface area (Å²) in [4.78, 5) is 0. The Morgan fingerprint density at radius 1 is 1.36 bits per heavy atom. The molecule has 0 atom stereocenters. The van der Waals surface area contributed by atoms with E-state index in [1.807, 2.05) is 20.8 Å². The molecule has 0 heterocycles. The monoisotopic (exact) mass is 194 g/mol. The van der Waals surface area contributed by atoms with Crippen molar-refractivity contribution in [1.82, 2.24) is 0 Å². The molecule has 2 nitrogen and oxygen atoms in total. The van der Waals surface area contributed by atoms with Gasteiger partial charge in [-0.3, -0.25) is 5.41 Å². The van der Waals surface area contributed by atoms with Crippen molar-refractivity contribution in [3.05, 3.63) is 35.1 Å². The van der Waals surface area contributed by atoms with E-state index in [1.54, 1.807) is 12.1 Å². The molecule has 14 heavy (non-hydrogen) atoms. The fourth-order valence-corrected chi connectivity index (χ4v) is 1.20. The van der Waals surface area contributed by atoms with Gasteiger partial charge in [-0.05, 0) is 23.1 Å². The molecule has 0 saturated heterocycles. The zero-order valence-electron chi connectivity index (χ0n) is 8.69. The van der Waals surface area contributed by atoms with Crippen LogP contribution in [0.5, 0.6) is 0 Å². The van der Waals surface area contributed by atoms with Crippen molar-refractivity contribution in [1.29, 1.82) is 5.41 Å². The summed E-state index contributed by atoms with van der Waals surface area (Å²) < 4.78 is 13.2. The van der Waals surface area contributed by atoms with Gasteiger partial charge in [0.05, 0.1) is 5.56 Å². The van der Waals surface area contributed by atoms with Crippen LogP contribution in [0.2, 0.25) is 0 Å². The van der Waals surface area contributed by atoms with E-state index in [0.29, 0.717) is 0 Å². The van der Waals surface area contributed by atoms with Gasteiger partial charge in [0, 0.05) is 0 Å². The minimum Gasteiger partial charge on any atom is -0.384 e. The molecular formula is C11H15FN2. The summed E-state index contributed by atoms with van der Waals surface area (Å²) in [6.45, 7) is 6.10. The first-order valence-electron chi connectivity index (χ1n) is 4.47. The maximum absolute atomic E-state index is 13.2. The fraction of sp³-hybridized carbons (Fsp3) is 0.364. The molecule has 0 saturated carbocycles. The standard InChI is InChI=1S/C11H15FN2/c1-11(2,3)7-4-5-9(12)8(6-7)10(13)14/h4-6H,1-3H3,(H3,13,14). The minimum atomic E-state index is -0.439. The third-order valence-electron chi connectivity index (χ3n) is 2.12. The number of nitrogens with two attached hydrogens (primary N) is 1. The van der Waals surface area contributed by atoms with Crippen molar-refractivity contribution in [2.45, 2.75) is 26.2 Å². The molecule has 3 N–H and O–H groups in total. The average molecular weight is 194 g/mol. The van der Waals surface area contributed by atoms with E-state index in [4.69, 9.17) is 11.1 Å². The number of nitrogens with one attached hydrogen (secondary N) is 1. The summed E-state index contributed by atoms with van der Waals surface area (Å²) >= 11 is 0. The molecule has 0 aromatic heterocycles. The Labute approximate surface area is 83.4 Å². The van der Waals surface area contributed by atoms with Gasteiger partial charge < -0.3 is 5.73 Å². The van der Waals surface area contributed by atoms with Crippen molar-refractivity contribution >= 4 is 5.84 Å². The van der Waals surface area contributed by atoms with Gasteiger partial charge in [-0.25, -0.2) is 4.39 Å². The Kier molecular flexibility index (Phi) is 2.60. The second-order valence-electron chi connectivity index (χ2n) is 4.36. The summed E-state index contributed by atoms with van der Waals surface area (Å²) in [6, 6.07) is 4.72. The Morgan fingerprint density at radius 3 is 2.36 bits per heavy atom. The Bertz CT molecular complexity index is 364. The van der Waals surface area contributed by atoms with Crippen molar-refractivity contribution < 1.29 is 4.39 Å². The van der Waals surface area contributed by atoms with Gasteiger partial charge in [0.1, 0.15) is 11.7 Å². The highest BCUT2D eigenvalue weighted by Gasteiger charge is 2.16. The van der Waals surface area contributed by atoms with Crippen LogP contribution < -0.4 is 5.73 Å². The molecule has 0 radical (unpaired) electrons. The van der Waals surface area contributed by atoms with Gasteiger partial charge in [-0.2, -0.15) is 0 Å². The van der Waals surface area contributed by atoms with Crippen LogP contribution in [0.3, 0.4) is 0 Å². The Hall–Kier alpha value is -1.38. The number of rotatable bonds is 1. The number of nitrogen functional groups attached to an aromatic ring is 1. The van der Waals surface area contributed by atoms with Crippen LogP contribution in [-0.4, -0.2) is 5.84 Å². The summed E-state index contributed by atoms with van der Waals surface area (Å²) in [6.07, 6.45) is 0. The highest BCUT2D eigenvalue weighted by Crippen LogP contribution is 2.23. The van der Waals surface area contributed by atoms with Crippen molar-refractivity contribution in [3.63, 3.8) is 0 Å². The first-order valence-corrected chi connectivity index (χ1v) is 4.47. The lowest BCUT2D eigenvalue weighted by Gasteiger charge is -2.19. The highest BCUT2D eigenvalue weighted by atomic mass is 19.1. The molecule has 1 aromatic carbocycles. The number of amidine groups is 1. The van der Waals surface area contributed by atoms with E-state index < -0.39 is 5.82 Å². The molecule has 76 valence electrons. The average Bonchev–Trinajstić information content (AvgIpc) is 2.02. The van der Waals surface area contributed by atoms with E-state index in [1.165, 1.54) is 6.07 Å². The molecule has 0 unspecified atom stereocenters. The fourth-order valence-electron chi connectivity index (χ4n) is 1.20. The largest absolute Gasteiger partial charge is 0.384 e. The summed E-state index contributed by atoms with van der Waals surface area (Å²) in [7, 11) is 0. The van der Waals surface area contributed by atoms with Crippen LogP contribution in [0.4, 0.5) is 4.39 Å².